The van der Waals surface area contributed by atoms with Gasteiger partial charge in [0.1, 0.15) is 6.07 Å². The van der Waals surface area contributed by atoms with Gasteiger partial charge in [0, 0.05) is 6.20 Å². The first kappa shape index (κ1) is 10.5. The van der Waals surface area contributed by atoms with Crippen molar-refractivity contribution in [2.24, 2.45) is 0 Å². The molecular weight excluding hydrogens is 224 g/mol. The van der Waals surface area contributed by atoms with E-state index < -0.39 is 0 Å². The van der Waals surface area contributed by atoms with Crippen molar-refractivity contribution in [1.29, 1.82) is 5.26 Å². The maximum absolute atomic E-state index is 8.96. The number of hydrogen-bond donors (Lipinski definition) is 2. The van der Waals surface area contributed by atoms with E-state index in [1.807, 2.05) is 12.1 Å². The molecule has 16 heavy (non-hydrogen) atoms. The van der Waals surface area contributed by atoms with Crippen molar-refractivity contribution in [3.63, 3.8) is 0 Å². The number of rotatable bonds is 3. The molecule has 0 aliphatic rings. The van der Waals surface area contributed by atoms with Crippen LogP contribution in [0.4, 0.5) is 5.69 Å². The van der Waals surface area contributed by atoms with Crippen LogP contribution in [0.15, 0.2) is 30.5 Å². The summed E-state index contributed by atoms with van der Waals surface area (Å²) in [7, 11) is 0. The van der Waals surface area contributed by atoms with Gasteiger partial charge < -0.3 is 5.32 Å². The lowest BCUT2D eigenvalue weighted by Gasteiger charge is -2.07. The molecule has 2 rings (SSSR count). The first-order valence-corrected chi connectivity index (χ1v) is 5.10. The first-order valence-electron chi connectivity index (χ1n) is 4.72. The van der Waals surface area contributed by atoms with Crippen LogP contribution in [0.5, 0.6) is 0 Å². The molecule has 80 valence electrons. The topological polar surface area (TPSA) is 64.5 Å². The van der Waals surface area contributed by atoms with Crippen LogP contribution in [0.1, 0.15) is 11.3 Å². The Morgan fingerprint density at radius 2 is 2.31 bits per heavy atom. The lowest BCUT2D eigenvalue weighted by molar-refractivity contribution is 0.981. The van der Waals surface area contributed by atoms with Gasteiger partial charge in [-0.15, -0.1) is 0 Å². The molecule has 1 aromatic carbocycles. The summed E-state index contributed by atoms with van der Waals surface area (Å²) in [5.74, 6) is 0. The van der Waals surface area contributed by atoms with Gasteiger partial charge in [0.15, 0.2) is 0 Å². The molecule has 2 aromatic rings. The summed E-state index contributed by atoms with van der Waals surface area (Å²) in [6.45, 7) is 0.578. The van der Waals surface area contributed by atoms with Gasteiger partial charge in [-0.2, -0.15) is 10.4 Å². The number of aromatic nitrogens is 2. The summed E-state index contributed by atoms with van der Waals surface area (Å²) in [6.07, 6.45) is 1.68. The SMILES string of the molecule is N#Cc1c(Cl)cccc1NCc1ccn[nH]1. The van der Waals surface area contributed by atoms with Gasteiger partial charge in [-0.1, -0.05) is 17.7 Å². The van der Waals surface area contributed by atoms with Gasteiger partial charge in [0.2, 0.25) is 0 Å². The first-order chi connectivity index (χ1) is 7.81. The molecule has 4 nitrogen and oxygen atoms in total. The van der Waals surface area contributed by atoms with Crippen molar-refractivity contribution < 1.29 is 0 Å². The van der Waals surface area contributed by atoms with Crippen molar-refractivity contribution in [2.75, 3.05) is 5.32 Å². The molecule has 1 aromatic heterocycles. The van der Waals surface area contributed by atoms with Gasteiger partial charge in [-0.05, 0) is 18.2 Å². The molecule has 5 heteroatoms. The average molecular weight is 233 g/mol. The molecule has 1 heterocycles. The summed E-state index contributed by atoms with van der Waals surface area (Å²) in [5, 5.41) is 19.2. The summed E-state index contributed by atoms with van der Waals surface area (Å²) in [6, 6.07) is 9.26. The van der Waals surface area contributed by atoms with E-state index in [9.17, 15) is 0 Å². The highest BCUT2D eigenvalue weighted by molar-refractivity contribution is 6.32. The molecule has 0 amide bonds. The highest BCUT2D eigenvalue weighted by Gasteiger charge is 2.05. The normalized spacial score (nSPS) is 9.75. The summed E-state index contributed by atoms with van der Waals surface area (Å²) >= 11 is 5.91. The van der Waals surface area contributed by atoms with Gasteiger partial charge in [-0.3, -0.25) is 5.10 Å². The molecule has 0 bridgehead atoms. The number of hydrogen-bond acceptors (Lipinski definition) is 3. The van der Waals surface area contributed by atoms with Gasteiger partial charge in [-0.25, -0.2) is 0 Å². The Bertz CT molecular complexity index is 513. The minimum absolute atomic E-state index is 0.456. The van der Waals surface area contributed by atoms with E-state index >= 15 is 0 Å². The Morgan fingerprint density at radius 3 is 3.00 bits per heavy atom. The van der Waals surface area contributed by atoms with E-state index in [0.29, 0.717) is 17.1 Å². The van der Waals surface area contributed by atoms with Crippen molar-refractivity contribution in [1.82, 2.24) is 10.2 Å². The van der Waals surface area contributed by atoms with E-state index in [-0.39, 0.29) is 0 Å². The molecule has 0 aliphatic heterocycles. The number of nitrogens with one attached hydrogen (secondary N) is 2. The fourth-order valence-corrected chi connectivity index (χ4v) is 1.58. The summed E-state index contributed by atoms with van der Waals surface area (Å²) in [4.78, 5) is 0. The fraction of sp³-hybridized carbons (Fsp3) is 0.0909. The van der Waals surface area contributed by atoms with E-state index in [1.165, 1.54) is 0 Å². The van der Waals surface area contributed by atoms with Crippen LogP contribution in [-0.4, -0.2) is 10.2 Å². The number of aromatic amines is 1. The minimum Gasteiger partial charge on any atom is -0.378 e. The predicted octanol–water partition coefficient (Wildman–Crippen LogP) is 2.55. The predicted molar refractivity (Wildman–Crippen MR) is 62.1 cm³/mol. The van der Waals surface area contributed by atoms with Crippen LogP contribution in [0.2, 0.25) is 5.02 Å². The van der Waals surface area contributed by atoms with Crippen molar-refractivity contribution >= 4 is 17.3 Å². The zero-order valence-electron chi connectivity index (χ0n) is 8.37. The van der Waals surface area contributed by atoms with Crippen LogP contribution in [0.3, 0.4) is 0 Å². The van der Waals surface area contributed by atoms with Gasteiger partial charge >= 0.3 is 0 Å². The fourth-order valence-electron chi connectivity index (χ4n) is 1.36. The lowest BCUT2D eigenvalue weighted by atomic mass is 10.2. The summed E-state index contributed by atoms with van der Waals surface area (Å²) in [5.41, 5.74) is 2.14. The quantitative estimate of drug-likeness (QED) is 0.855. The number of halogens is 1. The average Bonchev–Trinajstić information content (AvgIpc) is 2.79. The van der Waals surface area contributed by atoms with Crippen molar-refractivity contribution in [3.8, 4) is 6.07 Å². The highest BCUT2D eigenvalue weighted by atomic mass is 35.5. The second-order valence-electron chi connectivity index (χ2n) is 3.21. The van der Waals surface area contributed by atoms with Crippen LogP contribution in [-0.2, 0) is 6.54 Å². The van der Waals surface area contributed by atoms with E-state index in [0.717, 1.165) is 11.4 Å². The van der Waals surface area contributed by atoms with E-state index in [4.69, 9.17) is 16.9 Å². The molecular formula is C11H9ClN4. The van der Waals surface area contributed by atoms with Gasteiger partial charge in [0.25, 0.3) is 0 Å². The number of nitrogens with zero attached hydrogens (tertiary/aromatic N) is 2. The summed E-state index contributed by atoms with van der Waals surface area (Å²) < 4.78 is 0. The number of anilines is 1. The Balaban J connectivity index is 2.16. The smallest absolute Gasteiger partial charge is 0.103 e. The second-order valence-corrected chi connectivity index (χ2v) is 3.62. The molecule has 0 unspecified atom stereocenters. The third-order valence-corrected chi connectivity index (χ3v) is 2.47. The molecule has 0 spiro atoms. The third kappa shape index (κ3) is 2.15. The number of nitriles is 1. The molecule has 0 aliphatic carbocycles. The molecule has 0 fully saturated rings. The minimum atomic E-state index is 0.456. The molecule has 0 radical (unpaired) electrons. The van der Waals surface area contributed by atoms with E-state index in [2.05, 4.69) is 21.6 Å². The third-order valence-electron chi connectivity index (χ3n) is 2.15. The zero-order chi connectivity index (χ0) is 11.4. The largest absolute Gasteiger partial charge is 0.378 e. The zero-order valence-corrected chi connectivity index (χ0v) is 9.12. The number of benzene rings is 1. The number of H-pyrrole nitrogens is 1. The maximum atomic E-state index is 8.96. The van der Waals surface area contributed by atoms with Crippen LogP contribution in [0, 0.1) is 11.3 Å². The van der Waals surface area contributed by atoms with Crippen LogP contribution >= 0.6 is 11.6 Å². The standard InChI is InChI=1S/C11H9ClN4/c12-10-2-1-3-11(9(10)6-13)14-7-8-4-5-15-16-8/h1-5,14H,7H2,(H,15,16). The maximum Gasteiger partial charge on any atom is 0.103 e. The van der Waals surface area contributed by atoms with Gasteiger partial charge in [0.05, 0.1) is 28.5 Å². The Hall–Kier alpha value is -1.99. The van der Waals surface area contributed by atoms with Crippen LogP contribution in [0.25, 0.3) is 0 Å². The monoisotopic (exact) mass is 232 g/mol. The Labute approximate surface area is 97.9 Å². The van der Waals surface area contributed by atoms with Crippen LogP contribution < -0.4 is 5.32 Å². The Morgan fingerprint density at radius 1 is 1.44 bits per heavy atom. The molecule has 0 atom stereocenters. The van der Waals surface area contributed by atoms with Crippen molar-refractivity contribution in [3.05, 3.63) is 46.7 Å². The Kier molecular flexibility index (Phi) is 3.08. The molecule has 0 saturated carbocycles. The molecule has 0 saturated heterocycles. The molecule has 2 N–H and O–H groups in total. The lowest BCUT2D eigenvalue weighted by Crippen LogP contribution is -2.01. The highest BCUT2D eigenvalue weighted by Crippen LogP contribution is 2.23. The second kappa shape index (κ2) is 4.69. The van der Waals surface area contributed by atoms with Crippen molar-refractivity contribution in [2.45, 2.75) is 6.54 Å². The van der Waals surface area contributed by atoms with E-state index in [1.54, 1.807) is 18.3 Å².